The summed E-state index contributed by atoms with van der Waals surface area (Å²) in [5.74, 6) is 3.70. The summed E-state index contributed by atoms with van der Waals surface area (Å²) < 4.78 is 2.09. The Morgan fingerprint density at radius 3 is 2.95 bits per heavy atom. The molecule has 0 amide bonds. The van der Waals surface area contributed by atoms with Crippen LogP contribution in [-0.4, -0.2) is 37.8 Å². The van der Waals surface area contributed by atoms with Gasteiger partial charge in [-0.1, -0.05) is 6.92 Å². The van der Waals surface area contributed by atoms with E-state index in [9.17, 15) is 0 Å². The highest BCUT2D eigenvalue weighted by molar-refractivity contribution is 5.49. The molecule has 7 heteroatoms. The van der Waals surface area contributed by atoms with Gasteiger partial charge >= 0.3 is 0 Å². The lowest BCUT2D eigenvalue weighted by atomic mass is 10.3. The van der Waals surface area contributed by atoms with E-state index >= 15 is 0 Å². The van der Waals surface area contributed by atoms with Gasteiger partial charge in [0.15, 0.2) is 5.82 Å². The molecule has 106 valence electrons. The van der Waals surface area contributed by atoms with Crippen molar-refractivity contribution in [3.05, 3.63) is 24.0 Å². The van der Waals surface area contributed by atoms with Crippen molar-refractivity contribution in [1.82, 2.24) is 24.7 Å². The summed E-state index contributed by atoms with van der Waals surface area (Å²) in [7, 11) is 0. The first kappa shape index (κ1) is 12.8. The lowest BCUT2D eigenvalue weighted by Crippen LogP contribution is -2.34. The van der Waals surface area contributed by atoms with Crippen molar-refractivity contribution < 1.29 is 0 Å². The molecule has 2 aromatic rings. The van der Waals surface area contributed by atoms with Gasteiger partial charge in [-0.05, 0) is 6.92 Å². The van der Waals surface area contributed by atoms with Crippen molar-refractivity contribution in [3.8, 4) is 0 Å². The number of anilines is 2. The molecule has 3 rings (SSSR count). The van der Waals surface area contributed by atoms with Crippen molar-refractivity contribution in [2.24, 2.45) is 0 Å². The van der Waals surface area contributed by atoms with Crippen LogP contribution in [0.3, 0.4) is 0 Å². The van der Waals surface area contributed by atoms with E-state index in [1.807, 2.05) is 6.07 Å². The molecule has 1 aliphatic rings. The Bertz CT molecular complexity index is 592. The van der Waals surface area contributed by atoms with Crippen LogP contribution in [-0.2, 0) is 19.5 Å². The van der Waals surface area contributed by atoms with Crippen LogP contribution in [0.25, 0.3) is 0 Å². The third-order valence-electron chi connectivity index (χ3n) is 3.40. The van der Waals surface area contributed by atoms with Crippen LogP contribution in [0.2, 0.25) is 0 Å². The Morgan fingerprint density at radius 1 is 1.25 bits per heavy atom. The van der Waals surface area contributed by atoms with Gasteiger partial charge in [-0.2, -0.15) is 0 Å². The minimum Gasteiger partial charge on any atom is -0.370 e. The van der Waals surface area contributed by atoms with E-state index in [1.54, 1.807) is 6.33 Å². The molecule has 0 atom stereocenters. The standard InChI is InChI=1S/C13H19N7/c1-3-10-16-11(14-4-2)7-12(17-10)19-5-6-20-9-15-18-13(20)8-19/h7,9H,3-6,8H2,1-2H3,(H,14,16,17). The quantitative estimate of drug-likeness (QED) is 0.899. The number of nitrogens with zero attached hydrogens (tertiary/aromatic N) is 6. The molecule has 0 spiro atoms. The maximum absolute atomic E-state index is 4.63. The SMILES string of the molecule is CCNc1cc(N2CCn3cnnc3C2)nc(CC)n1. The average Bonchev–Trinajstić information content (AvgIpc) is 2.94. The van der Waals surface area contributed by atoms with Crippen molar-refractivity contribution in [2.75, 3.05) is 23.3 Å². The van der Waals surface area contributed by atoms with Gasteiger partial charge in [-0.3, -0.25) is 0 Å². The van der Waals surface area contributed by atoms with Crippen molar-refractivity contribution in [1.29, 1.82) is 0 Å². The van der Waals surface area contributed by atoms with Crippen LogP contribution in [0.1, 0.15) is 25.5 Å². The van der Waals surface area contributed by atoms with E-state index in [4.69, 9.17) is 0 Å². The molecule has 1 N–H and O–H groups in total. The Hall–Kier alpha value is -2.18. The molecule has 0 fully saturated rings. The largest absolute Gasteiger partial charge is 0.370 e. The van der Waals surface area contributed by atoms with Crippen LogP contribution in [0.4, 0.5) is 11.6 Å². The van der Waals surface area contributed by atoms with Crippen LogP contribution < -0.4 is 10.2 Å². The zero-order chi connectivity index (χ0) is 13.9. The predicted molar refractivity (Wildman–Crippen MR) is 76.6 cm³/mol. The number of fused-ring (bicyclic) bond motifs is 1. The zero-order valence-electron chi connectivity index (χ0n) is 11.9. The highest BCUT2D eigenvalue weighted by Crippen LogP contribution is 2.20. The van der Waals surface area contributed by atoms with Gasteiger partial charge < -0.3 is 14.8 Å². The van der Waals surface area contributed by atoms with Crippen molar-refractivity contribution >= 4 is 11.6 Å². The molecule has 2 aromatic heterocycles. The van der Waals surface area contributed by atoms with E-state index in [-0.39, 0.29) is 0 Å². The van der Waals surface area contributed by atoms with Gasteiger partial charge in [-0.25, -0.2) is 9.97 Å². The zero-order valence-corrected chi connectivity index (χ0v) is 11.9. The molecular weight excluding hydrogens is 254 g/mol. The van der Waals surface area contributed by atoms with E-state index < -0.39 is 0 Å². The lowest BCUT2D eigenvalue weighted by molar-refractivity contribution is 0.555. The summed E-state index contributed by atoms with van der Waals surface area (Å²) in [6.45, 7) is 7.54. The van der Waals surface area contributed by atoms with E-state index in [0.717, 1.165) is 55.9 Å². The second kappa shape index (κ2) is 5.44. The minimum atomic E-state index is 0.742. The average molecular weight is 273 g/mol. The number of aromatic nitrogens is 5. The fourth-order valence-electron chi connectivity index (χ4n) is 2.34. The molecule has 20 heavy (non-hydrogen) atoms. The number of hydrogen-bond acceptors (Lipinski definition) is 6. The van der Waals surface area contributed by atoms with Gasteiger partial charge in [0, 0.05) is 32.1 Å². The highest BCUT2D eigenvalue weighted by Gasteiger charge is 2.19. The molecule has 0 unspecified atom stereocenters. The van der Waals surface area contributed by atoms with E-state index in [2.05, 4.69) is 48.8 Å². The summed E-state index contributed by atoms with van der Waals surface area (Å²) in [4.78, 5) is 11.3. The first-order chi connectivity index (χ1) is 9.80. The number of hydrogen-bond donors (Lipinski definition) is 1. The van der Waals surface area contributed by atoms with Gasteiger partial charge in [0.05, 0.1) is 6.54 Å². The molecule has 1 aliphatic heterocycles. The molecule has 0 saturated heterocycles. The molecular formula is C13H19N7. The smallest absolute Gasteiger partial charge is 0.152 e. The maximum atomic E-state index is 4.63. The van der Waals surface area contributed by atoms with Gasteiger partial charge in [0.2, 0.25) is 0 Å². The molecule has 0 aliphatic carbocycles. The Balaban J connectivity index is 1.88. The monoisotopic (exact) mass is 273 g/mol. The molecule has 0 aromatic carbocycles. The van der Waals surface area contributed by atoms with Crippen LogP contribution in [0.5, 0.6) is 0 Å². The first-order valence-corrected chi connectivity index (χ1v) is 7.03. The fraction of sp³-hybridized carbons (Fsp3) is 0.538. The number of rotatable bonds is 4. The summed E-state index contributed by atoms with van der Waals surface area (Å²) in [6, 6.07) is 2.01. The summed E-state index contributed by atoms with van der Waals surface area (Å²) in [5, 5.41) is 11.4. The second-order valence-corrected chi connectivity index (χ2v) is 4.77. The first-order valence-electron chi connectivity index (χ1n) is 7.03. The molecule has 0 radical (unpaired) electrons. The highest BCUT2D eigenvalue weighted by atomic mass is 15.3. The van der Waals surface area contributed by atoms with E-state index in [1.165, 1.54) is 0 Å². The van der Waals surface area contributed by atoms with Crippen LogP contribution >= 0.6 is 0 Å². The van der Waals surface area contributed by atoms with Crippen LogP contribution in [0, 0.1) is 0 Å². The lowest BCUT2D eigenvalue weighted by Gasteiger charge is -2.28. The maximum Gasteiger partial charge on any atom is 0.152 e. The van der Waals surface area contributed by atoms with Crippen molar-refractivity contribution in [3.63, 3.8) is 0 Å². The molecule has 3 heterocycles. The Morgan fingerprint density at radius 2 is 2.15 bits per heavy atom. The van der Waals surface area contributed by atoms with Crippen molar-refractivity contribution in [2.45, 2.75) is 33.4 Å². The fourth-order valence-corrected chi connectivity index (χ4v) is 2.34. The van der Waals surface area contributed by atoms with Gasteiger partial charge in [0.1, 0.15) is 23.8 Å². The normalized spacial score (nSPS) is 14.2. The van der Waals surface area contributed by atoms with E-state index in [0.29, 0.717) is 0 Å². The minimum absolute atomic E-state index is 0.742. The predicted octanol–water partition coefficient (Wildman–Crippen LogP) is 1.08. The Kier molecular flexibility index (Phi) is 3.49. The third-order valence-corrected chi connectivity index (χ3v) is 3.40. The number of aryl methyl sites for hydroxylation is 1. The molecule has 0 saturated carbocycles. The summed E-state index contributed by atoms with van der Waals surface area (Å²) in [5.41, 5.74) is 0. The van der Waals surface area contributed by atoms with Crippen LogP contribution in [0.15, 0.2) is 12.4 Å². The second-order valence-electron chi connectivity index (χ2n) is 4.77. The third kappa shape index (κ3) is 2.43. The molecule has 0 bridgehead atoms. The summed E-state index contributed by atoms with van der Waals surface area (Å²) in [6.07, 6.45) is 2.62. The van der Waals surface area contributed by atoms with Gasteiger partial charge in [0.25, 0.3) is 0 Å². The molecule has 7 nitrogen and oxygen atoms in total. The number of nitrogens with one attached hydrogen (secondary N) is 1. The van der Waals surface area contributed by atoms with Gasteiger partial charge in [-0.15, -0.1) is 10.2 Å². The Labute approximate surface area is 118 Å². The summed E-state index contributed by atoms with van der Waals surface area (Å²) >= 11 is 0. The topological polar surface area (TPSA) is 71.8 Å².